The maximum Gasteiger partial charge on any atom is 0.244 e. The number of hydrogen-bond donors (Lipinski definition) is 1. The van der Waals surface area contributed by atoms with Gasteiger partial charge in [-0.2, -0.15) is 4.31 Å². The van der Waals surface area contributed by atoms with Crippen LogP contribution >= 0.6 is 0 Å². The molecule has 0 radical (unpaired) electrons. The number of pyridine rings is 1. The number of aliphatic hydroxyl groups is 1. The summed E-state index contributed by atoms with van der Waals surface area (Å²) in [5.41, 5.74) is 2.04. The highest BCUT2D eigenvalue weighted by Gasteiger charge is 2.43. The third-order valence-corrected chi connectivity index (χ3v) is 7.62. The molecule has 0 fully saturated rings. The van der Waals surface area contributed by atoms with E-state index in [9.17, 15) is 13.5 Å². The van der Waals surface area contributed by atoms with Gasteiger partial charge >= 0.3 is 0 Å². The first-order valence-corrected chi connectivity index (χ1v) is 11.5. The zero-order chi connectivity index (χ0) is 21.4. The summed E-state index contributed by atoms with van der Waals surface area (Å²) in [6.07, 6.45) is 2.64. The molecule has 2 aliphatic rings. The topological polar surface area (TPSA) is 89.0 Å². The van der Waals surface area contributed by atoms with Crippen LogP contribution in [0.1, 0.15) is 22.8 Å². The van der Waals surface area contributed by atoms with Crippen molar-refractivity contribution in [3.8, 4) is 11.5 Å². The molecule has 0 amide bonds. The Morgan fingerprint density at radius 3 is 2.61 bits per heavy atom. The first-order chi connectivity index (χ1) is 15.0. The highest BCUT2D eigenvalue weighted by atomic mass is 32.2. The summed E-state index contributed by atoms with van der Waals surface area (Å²) in [7, 11) is -3.81. The number of ether oxygens (including phenoxy) is 2. The third-order valence-electron chi connectivity index (χ3n) is 5.67. The van der Waals surface area contributed by atoms with Gasteiger partial charge in [0.1, 0.15) is 13.2 Å². The maximum absolute atomic E-state index is 13.5. The Hall–Kier alpha value is -2.94. The standard InChI is InChI=1S/C23H22N2O5S/c26-23-18-5-1-2-6-22(18)31(27,28)25(15-17-4-3-9-24-14-17)19(23)12-16-7-8-20-21(13-16)30-11-10-29-20/h1-9,13-14,19,23,26H,10-12,15H2. The number of nitrogens with zero attached hydrogens (tertiary/aromatic N) is 2. The van der Waals surface area contributed by atoms with Crippen LogP contribution in [0.2, 0.25) is 0 Å². The van der Waals surface area contributed by atoms with Crippen LogP contribution in [0, 0.1) is 0 Å². The van der Waals surface area contributed by atoms with E-state index in [0.717, 1.165) is 11.1 Å². The lowest BCUT2D eigenvalue weighted by molar-refractivity contribution is 0.0768. The summed E-state index contributed by atoms with van der Waals surface area (Å²) in [4.78, 5) is 4.25. The van der Waals surface area contributed by atoms with E-state index in [-0.39, 0.29) is 11.4 Å². The molecule has 1 N–H and O–H groups in total. The van der Waals surface area contributed by atoms with E-state index in [2.05, 4.69) is 4.98 Å². The summed E-state index contributed by atoms with van der Waals surface area (Å²) < 4.78 is 39.7. The average Bonchev–Trinajstić information content (AvgIpc) is 2.80. The van der Waals surface area contributed by atoms with Crippen LogP contribution in [0.25, 0.3) is 0 Å². The molecule has 3 aromatic rings. The molecule has 2 aliphatic heterocycles. The van der Waals surface area contributed by atoms with Gasteiger partial charge in [0.05, 0.1) is 17.0 Å². The van der Waals surface area contributed by atoms with E-state index in [1.807, 2.05) is 24.3 Å². The molecule has 0 spiro atoms. The second-order valence-corrected chi connectivity index (χ2v) is 9.50. The zero-order valence-corrected chi connectivity index (χ0v) is 17.5. The molecule has 0 aliphatic carbocycles. The van der Waals surface area contributed by atoms with Gasteiger partial charge in [-0.15, -0.1) is 0 Å². The Morgan fingerprint density at radius 2 is 1.81 bits per heavy atom. The van der Waals surface area contributed by atoms with E-state index in [4.69, 9.17) is 9.47 Å². The van der Waals surface area contributed by atoms with Crippen LogP contribution in [-0.4, -0.2) is 42.1 Å². The lowest BCUT2D eigenvalue weighted by atomic mass is 9.95. The molecular weight excluding hydrogens is 416 g/mol. The van der Waals surface area contributed by atoms with Crippen molar-refractivity contribution in [2.75, 3.05) is 13.2 Å². The van der Waals surface area contributed by atoms with Crippen molar-refractivity contribution in [3.05, 3.63) is 83.7 Å². The smallest absolute Gasteiger partial charge is 0.244 e. The Bertz CT molecular complexity index is 1200. The number of sulfonamides is 1. The van der Waals surface area contributed by atoms with Crippen LogP contribution in [-0.2, 0) is 23.0 Å². The molecule has 2 aromatic carbocycles. The van der Waals surface area contributed by atoms with Gasteiger partial charge in [0.15, 0.2) is 11.5 Å². The van der Waals surface area contributed by atoms with Gasteiger partial charge in [0, 0.05) is 24.5 Å². The van der Waals surface area contributed by atoms with E-state index in [1.165, 1.54) is 4.31 Å². The summed E-state index contributed by atoms with van der Waals surface area (Å²) in [5, 5.41) is 11.2. The highest BCUT2D eigenvalue weighted by molar-refractivity contribution is 7.89. The predicted octanol–water partition coefficient (Wildman–Crippen LogP) is 2.70. The first-order valence-electron chi connectivity index (χ1n) is 10.1. The minimum atomic E-state index is -3.81. The molecule has 7 nitrogen and oxygen atoms in total. The van der Waals surface area contributed by atoms with Gasteiger partial charge in [-0.3, -0.25) is 4.98 Å². The highest BCUT2D eigenvalue weighted by Crippen LogP contribution is 2.40. The summed E-state index contributed by atoms with van der Waals surface area (Å²) in [6, 6.07) is 15.1. The fourth-order valence-corrected chi connectivity index (χ4v) is 6.03. The summed E-state index contributed by atoms with van der Waals surface area (Å²) >= 11 is 0. The molecule has 8 heteroatoms. The van der Waals surface area contributed by atoms with Crippen LogP contribution in [0.4, 0.5) is 0 Å². The molecular formula is C23H22N2O5S. The number of fused-ring (bicyclic) bond motifs is 2. The lowest BCUT2D eigenvalue weighted by Gasteiger charge is -2.39. The molecule has 0 saturated heterocycles. The quantitative estimate of drug-likeness (QED) is 0.674. The predicted molar refractivity (Wildman–Crippen MR) is 113 cm³/mol. The van der Waals surface area contributed by atoms with Crippen molar-refractivity contribution in [1.82, 2.24) is 9.29 Å². The van der Waals surface area contributed by atoms with Crippen molar-refractivity contribution in [2.45, 2.75) is 30.0 Å². The van der Waals surface area contributed by atoms with Crippen molar-refractivity contribution >= 4 is 10.0 Å². The number of rotatable bonds is 4. The molecule has 2 atom stereocenters. The maximum atomic E-state index is 13.5. The Balaban J connectivity index is 1.55. The number of aromatic nitrogens is 1. The summed E-state index contributed by atoms with van der Waals surface area (Å²) in [6.45, 7) is 1.09. The summed E-state index contributed by atoms with van der Waals surface area (Å²) in [5.74, 6) is 1.31. The molecule has 3 heterocycles. The second-order valence-electron chi connectivity index (χ2n) is 7.64. The van der Waals surface area contributed by atoms with Gasteiger partial charge in [0.2, 0.25) is 10.0 Å². The van der Waals surface area contributed by atoms with Crippen molar-refractivity contribution in [2.24, 2.45) is 0 Å². The Labute approximate surface area is 180 Å². The first kappa shape index (κ1) is 20.0. The number of hydrogen-bond acceptors (Lipinski definition) is 6. The Kier molecular flexibility index (Phi) is 5.13. The van der Waals surface area contributed by atoms with Gasteiger partial charge < -0.3 is 14.6 Å². The molecule has 1 aromatic heterocycles. The average molecular weight is 439 g/mol. The van der Waals surface area contributed by atoms with Gasteiger partial charge in [-0.25, -0.2) is 8.42 Å². The van der Waals surface area contributed by atoms with Crippen LogP contribution in [0.15, 0.2) is 71.9 Å². The third kappa shape index (κ3) is 3.67. The molecule has 160 valence electrons. The van der Waals surface area contributed by atoms with Crippen LogP contribution in [0.5, 0.6) is 11.5 Å². The SMILES string of the molecule is O=S1(=O)c2ccccc2C(O)C(Cc2ccc3c(c2)OCCO3)N1Cc1cccnc1. The van der Waals surface area contributed by atoms with E-state index >= 15 is 0 Å². The second kappa shape index (κ2) is 7.96. The van der Waals surface area contributed by atoms with E-state index in [1.54, 1.807) is 42.7 Å². The zero-order valence-electron chi connectivity index (χ0n) is 16.7. The monoisotopic (exact) mass is 438 g/mol. The molecule has 0 bridgehead atoms. The largest absolute Gasteiger partial charge is 0.486 e. The van der Waals surface area contributed by atoms with Crippen molar-refractivity contribution < 1.29 is 23.0 Å². The van der Waals surface area contributed by atoms with E-state index < -0.39 is 22.2 Å². The molecule has 31 heavy (non-hydrogen) atoms. The van der Waals surface area contributed by atoms with E-state index in [0.29, 0.717) is 36.7 Å². The van der Waals surface area contributed by atoms with Gasteiger partial charge in [-0.1, -0.05) is 30.3 Å². The lowest BCUT2D eigenvalue weighted by Crippen LogP contribution is -2.48. The fraction of sp³-hybridized carbons (Fsp3) is 0.261. The van der Waals surface area contributed by atoms with Gasteiger partial charge in [-0.05, 0) is 41.8 Å². The molecule has 0 saturated carbocycles. The minimum Gasteiger partial charge on any atom is -0.486 e. The molecule has 2 unspecified atom stereocenters. The van der Waals surface area contributed by atoms with Crippen LogP contribution < -0.4 is 9.47 Å². The van der Waals surface area contributed by atoms with Crippen LogP contribution in [0.3, 0.4) is 0 Å². The number of aliphatic hydroxyl groups excluding tert-OH is 1. The van der Waals surface area contributed by atoms with Gasteiger partial charge in [0.25, 0.3) is 0 Å². The Morgan fingerprint density at radius 1 is 1.00 bits per heavy atom. The van der Waals surface area contributed by atoms with Crippen molar-refractivity contribution in [1.29, 1.82) is 0 Å². The number of benzene rings is 2. The normalized spacial score (nSPS) is 22.0. The fourth-order valence-electron chi connectivity index (χ4n) is 4.17. The molecule has 5 rings (SSSR count). The minimum absolute atomic E-state index is 0.122. The van der Waals surface area contributed by atoms with Crippen molar-refractivity contribution in [3.63, 3.8) is 0 Å².